The van der Waals surface area contributed by atoms with Crippen LogP contribution in [0.1, 0.15) is 10.5 Å². The highest BCUT2D eigenvalue weighted by Gasteiger charge is 2.05. The summed E-state index contributed by atoms with van der Waals surface area (Å²) in [5.41, 5.74) is 3.32. The number of nitrogens with zero attached hydrogens (tertiary/aromatic N) is 1. The Morgan fingerprint density at radius 1 is 1.12 bits per heavy atom. The van der Waals surface area contributed by atoms with Gasteiger partial charge in [0.25, 0.3) is 0 Å². The summed E-state index contributed by atoms with van der Waals surface area (Å²) in [6, 6.07) is 11.4. The molecule has 0 fully saturated rings. The highest BCUT2D eigenvalue weighted by Crippen LogP contribution is 2.28. The van der Waals surface area contributed by atoms with Gasteiger partial charge in [-0.3, -0.25) is 9.78 Å². The Kier molecular flexibility index (Phi) is 2.22. The minimum atomic E-state index is 0.438. The zero-order valence-electron chi connectivity index (χ0n) is 8.96. The van der Waals surface area contributed by atoms with Crippen molar-refractivity contribution < 1.29 is 9.21 Å². The lowest BCUT2D eigenvalue weighted by Crippen LogP contribution is -1.86. The summed E-state index contributed by atoms with van der Waals surface area (Å²) in [6.45, 7) is 0. The monoisotopic (exact) mass is 223 g/mol. The molecular weight excluding hydrogens is 214 g/mol. The van der Waals surface area contributed by atoms with Crippen molar-refractivity contribution in [2.75, 3.05) is 0 Å². The summed E-state index contributed by atoms with van der Waals surface area (Å²) in [7, 11) is 0. The van der Waals surface area contributed by atoms with Crippen molar-refractivity contribution in [3.8, 4) is 11.1 Å². The van der Waals surface area contributed by atoms with E-state index in [0.29, 0.717) is 5.69 Å². The fourth-order valence-corrected chi connectivity index (χ4v) is 1.88. The third-order valence-electron chi connectivity index (χ3n) is 2.71. The van der Waals surface area contributed by atoms with E-state index in [-0.39, 0.29) is 0 Å². The van der Waals surface area contributed by atoms with Crippen LogP contribution in [-0.4, -0.2) is 11.3 Å². The number of aromatic nitrogens is 1. The van der Waals surface area contributed by atoms with Gasteiger partial charge in [-0.25, -0.2) is 0 Å². The standard InChI is InChI=1S/C14H9NO2/c16-9-11-5-4-10(8-15-11)12-2-1-3-14-13(12)6-7-17-14/h1-9H. The van der Waals surface area contributed by atoms with E-state index < -0.39 is 0 Å². The normalized spacial score (nSPS) is 10.6. The quantitative estimate of drug-likeness (QED) is 0.626. The minimum absolute atomic E-state index is 0.438. The molecule has 2 heterocycles. The van der Waals surface area contributed by atoms with Crippen LogP contribution in [0.25, 0.3) is 22.1 Å². The van der Waals surface area contributed by atoms with E-state index in [1.807, 2.05) is 30.3 Å². The lowest BCUT2D eigenvalue weighted by atomic mass is 10.0. The highest BCUT2D eigenvalue weighted by molar-refractivity contribution is 5.93. The van der Waals surface area contributed by atoms with Crippen LogP contribution in [-0.2, 0) is 0 Å². The fraction of sp³-hybridized carbons (Fsp3) is 0. The van der Waals surface area contributed by atoms with Gasteiger partial charge in [-0.1, -0.05) is 18.2 Å². The summed E-state index contributed by atoms with van der Waals surface area (Å²) < 4.78 is 5.35. The smallest absolute Gasteiger partial charge is 0.168 e. The molecule has 0 saturated carbocycles. The van der Waals surface area contributed by atoms with Crippen LogP contribution in [0.3, 0.4) is 0 Å². The molecule has 0 aliphatic heterocycles. The molecule has 3 rings (SSSR count). The number of carbonyl (C=O) groups is 1. The molecule has 3 nitrogen and oxygen atoms in total. The Morgan fingerprint density at radius 3 is 2.82 bits per heavy atom. The second-order valence-electron chi connectivity index (χ2n) is 3.73. The van der Waals surface area contributed by atoms with Gasteiger partial charge in [0.15, 0.2) is 6.29 Å². The summed E-state index contributed by atoms with van der Waals surface area (Å²) in [6.07, 6.45) is 4.11. The van der Waals surface area contributed by atoms with Crippen molar-refractivity contribution in [1.29, 1.82) is 0 Å². The predicted octanol–water partition coefficient (Wildman–Crippen LogP) is 3.31. The van der Waals surface area contributed by atoms with E-state index in [2.05, 4.69) is 4.98 Å². The third kappa shape index (κ3) is 1.61. The summed E-state index contributed by atoms with van der Waals surface area (Å²) >= 11 is 0. The van der Waals surface area contributed by atoms with E-state index >= 15 is 0 Å². The number of hydrogen-bond acceptors (Lipinski definition) is 3. The molecule has 0 atom stereocenters. The molecule has 0 spiro atoms. The Morgan fingerprint density at radius 2 is 2.06 bits per heavy atom. The van der Waals surface area contributed by atoms with Gasteiger partial charge in [0.05, 0.1) is 6.26 Å². The SMILES string of the molecule is O=Cc1ccc(-c2cccc3occc23)cn1. The number of aldehydes is 1. The van der Waals surface area contributed by atoms with Crippen molar-refractivity contribution in [2.45, 2.75) is 0 Å². The molecule has 0 bridgehead atoms. The van der Waals surface area contributed by atoms with E-state index in [9.17, 15) is 4.79 Å². The molecule has 0 unspecified atom stereocenters. The lowest BCUT2D eigenvalue weighted by Gasteiger charge is -2.02. The zero-order chi connectivity index (χ0) is 11.7. The highest BCUT2D eigenvalue weighted by atomic mass is 16.3. The average molecular weight is 223 g/mol. The zero-order valence-corrected chi connectivity index (χ0v) is 8.96. The number of pyridine rings is 1. The summed E-state index contributed by atoms with van der Waals surface area (Å²) in [5.74, 6) is 0. The Bertz CT molecular complexity index is 668. The molecule has 2 aromatic heterocycles. The number of fused-ring (bicyclic) bond motifs is 1. The second kappa shape index (κ2) is 3.87. The van der Waals surface area contributed by atoms with Crippen LogP contribution in [0.2, 0.25) is 0 Å². The lowest BCUT2D eigenvalue weighted by molar-refractivity contribution is 0.111. The molecule has 17 heavy (non-hydrogen) atoms. The van der Waals surface area contributed by atoms with Gasteiger partial charge in [-0.05, 0) is 23.8 Å². The van der Waals surface area contributed by atoms with Gasteiger partial charge in [0.2, 0.25) is 0 Å². The molecule has 3 aromatic rings. The predicted molar refractivity (Wildman–Crippen MR) is 64.8 cm³/mol. The molecule has 3 heteroatoms. The molecule has 0 saturated heterocycles. The first kappa shape index (κ1) is 9.78. The number of rotatable bonds is 2. The summed E-state index contributed by atoms with van der Waals surface area (Å²) in [4.78, 5) is 14.6. The molecule has 1 aromatic carbocycles. The van der Waals surface area contributed by atoms with Crippen molar-refractivity contribution in [2.24, 2.45) is 0 Å². The van der Waals surface area contributed by atoms with Gasteiger partial charge in [0.1, 0.15) is 11.3 Å². The van der Waals surface area contributed by atoms with Crippen LogP contribution in [0, 0.1) is 0 Å². The van der Waals surface area contributed by atoms with Gasteiger partial charge in [-0.15, -0.1) is 0 Å². The minimum Gasteiger partial charge on any atom is -0.464 e. The van der Waals surface area contributed by atoms with E-state index in [1.54, 1.807) is 18.5 Å². The van der Waals surface area contributed by atoms with Crippen molar-refractivity contribution in [3.63, 3.8) is 0 Å². The van der Waals surface area contributed by atoms with Crippen LogP contribution in [0.15, 0.2) is 53.3 Å². The third-order valence-corrected chi connectivity index (χ3v) is 2.71. The van der Waals surface area contributed by atoms with Crippen LogP contribution in [0.4, 0.5) is 0 Å². The van der Waals surface area contributed by atoms with Crippen LogP contribution in [0.5, 0.6) is 0 Å². The van der Waals surface area contributed by atoms with E-state index in [1.165, 1.54) is 0 Å². The summed E-state index contributed by atoms with van der Waals surface area (Å²) in [5, 5.41) is 1.05. The van der Waals surface area contributed by atoms with Crippen LogP contribution >= 0.6 is 0 Å². The van der Waals surface area contributed by atoms with Crippen molar-refractivity contribution in [1.82, 2.24) is 4.98 Å². The molecule has 0 N–H and O–H groups in total. The van der Waals surface area contributed by atoms with Gasteiger partial charge in [-0.2, -0.15) is 0 Å². The Labute approximate surface area is 97.7 Å². The molecule has 82 valence electrons. The molecule has 0 aliphatic carbocycles. The first-order chi connectivity index (χ1) is 8.38. The largest absolute Gasteiger partial charge is 0.464 e. The molecule has 0 radical (unpaired) electrons. The van der Waals surface area contributed by atoms with Gasteiger partial charge in [0, 0.05) is 17.1 Å². The molecular formula is C14H9NO2. The molecule has 0 aliphatic rings. The first-order valence-electron chi connectivity index (χ1n) is 5.26. The molecule has 0 amide bonds. The number of furan rings is 1. The van der Waals surface area contributed by atoms with Crippen LogP contribution < -0.4 is 0 Å². The van der Waals surface area contributed by atoms with Gasteiger partial charge >= 0.3 is 0 Å². The maximum absolute atomic E-state index is 10.5. The number of hydrogen-bond donors (Lipinski definition) is 0. The maximum Gasteiger partial charge on any atom is 0.168 e. The van der Waals surface area contributed by atoms with Crippen molar-refractivity contribution >= 4 is 17.3 Å². The topological polar surface area (TPSA) is 43.1 Å². The number of carbonyl (C=O) groups excluding carboxylic acids is 1. The van der Waals surface area contributed by atoms with Gasteiger partial charge < -0.3 is 4.42 Å². The fourth-order valence-electron chi connectivity index (χ4n) is 1.88. The second-order valence-corrected chi connectivity index (χ2v) is 3.73. The van der Waals surface area contributed by atoms with E-state index in [0.717, 1.165) is 28.4 Å². The Balaban J connectivity index is 2.19. The number of benzene rings is 1. The first-order valence-corrected chi connectivity index (χ1v) is 5.26. The maximum atomic E-state index is 10.5. The van der Waals surface area contributed by atoms with E-state index in [4.69, 9.17) is 4.42 Å². The Hall–Kier alpha value is -2.42. The average Bonchev–Trinajstić information content (AvgIpc) is 2.87. The van der Waals surface area contributed by atoms with Crippen molar-refractivity contribution in [3.05, 3.63) is 54.6 Å².